The van der Waals surface area contributed by atoms with Crippen LogP contribution in [-0.2, 0) is 20.7 Å². The molecule has 1 atom stereocenters. The van der Waals surface area contributed by atoms with Gasteiger partial charge in [-0.3, -0.25) is 14.9 Å². The lowest BCUT2D eigenvalue weighted by Crippen LogP contribution is -2.41. The fourth-order valence-corrected chi connectivity index (χ4v) is 3.09. The van der Waals surface area contributed by atoms with Crippen LogP contribution in [0.3, 0.4) is 0 Å². The first-order valence-corrected chi connectivity index (χ1v) is 9.40. The van der Waals surface area contributed by atoms with Gasteiger partial charge in [0.2, 0.25) is 6.10 Å². The number of H-pyrrole nitrogens is 1. The third-order valence-electron chi connectivity index (χ3n) is 4.56. The van der Waals surface area contributed by atoms with Crippen molar-refractivity contribution in [3.05, 3.63) is 71.9 Å². The second kappa shape index (κ2) is 9.54. The van der Waals surface area contributed by atoms with Crippen LogP contribution in [0.5, 0.6) is 0 Å². The second-order valence-electron chi connectivity index (χ2n) is 6.56. The second-order valence-corrected chi connectivity index (χ2v) is 6.56. The Morgan fingerprint density at radius 2 is 1.76 bits per heavy atom. The molecule has 7 nitrogen and oxygen atoms in total. The van der Waals surface area contributed by atoms with Gasteiger partial charge >= 0.3 is 12.0 Å². The minimum atomic E-state index is -1.19. The number of aromatic amines is 1. The van der Waals surface area contributed by atoms with Crippen molar-refractivity contribution < 1.29 is 19.1 Å². The van der Waals surface area contributed by atoms with E-state index < -0.39 is 24.0 Å². The Bertz CT molecular complexity index is 997. The summed E-state index contributed by atoms with van der Waals surface area (Å²) in [7, 11) is 1.40. The van der Waals surface area contributed by atoms with Crippen molar-refractivity contribution >= 4 is 28.8 Å². The highest BCUT2D eigenvalue weighted by atomic mass is 16.5. The van der Waals surface area contributed by atoms with Gasteiger partial charge in [0.25, 0.3) is 5.91 Å². The number of aromatic nitrogens is 1. The lowest BCUT2D eigenvalue weighted by molar-refractivity contribution is -0.156. The molecule has 29 heavy (non-hydrogen) atoms. The number of fused-ring (bicyclic) bond motifs is 1. The van der Waals surface area contributed by atoms with Crippen molar-refractivity contribution in [2.45, 2.75) is 25.4 Å². The molecule has 0 saturated carbocycles. The largest absolute Gasteiger partial charge is 0.447 e. The topological polar surface area (TPSA) is 100 Å². The summed E-state index contributed by atoms with van der Waals surface area (Å²) in [5.74, 6) is -1.19. The Labute approximate surface area is 168 Å². The first-order chi connectivity index (χ1) is 14.1. The number of amides is 3. The summed E-state index contributed by atoms with van der Waals surface area (Å²) in [6.07, 6.45) is 2.21. The molecule has 0 saturated heterocycles. The van der Waals surface area contributed by atoms with Gasteiger partial charge in [0.1, 0.15) is 0 Å². The van der Waals surface area contributed by atoms with Crippen molar-refractivity contribution in [3.8, 4) is 0 Å². The van der Waals surface area contributed by atoms with E-state index in [1.807, 2.05) is 30.5 Å². The van der Waals surface area contributed by atoms with Crippen LogP contribution in [-0.4, -0.2) is 29.9 Å². The van der Waals surface area contributed by atoms with Crippen molar-refractivity contribution in [2.24, 2.45) is 0 Å². The minimum Gasteiger partial charge on any atom is -0.447 e. The smallest absolute Gasteiger partial charge is 0.321 e. The van der Waals surface area contributed by atoms with Crippen molar-refractivity contribution in [3.63, 3.8) is 0 Å². The van der Waals surface area contributed by atoms with Crippen LogP contribution in [0.1, 0.15) is 30.1 Å². The Kier molecular flexibility index (Phi) is 6.63. The molecule has 0 aliphatic rings. The Balaban J connectivity index is 1.60. The third kappa shape index (κ3) is 5.22. The Hall–Kier alpha value is -3.61. The highest BCUT2D eigenvalue weighted by Gasteiger charge is 2.26. The number of carbonyl (C=O) groups is 3. The number of hydrogen-bond acceptors (Lipinski definition) is 4. The molecular weight excluding hydrogens is 370 g/mol. The summed E-state index contributed by atoms with van der Waals surface area (Å²) in [6, 6.07) is 15.9. The maximum Gasteiger partial charge on any atom is 0.321 e. The summed E-state index contributed by atoms with van der Waals surface area (Å²) in [6.45, 7) is 0. The van der Waals surface area contributed by atoms with Crippen LogP contribution in [0.25, 0.3) is 10.9 Å². The molecular formula is C22H23N3O4. The lowest BCUT2D eigenvalue weighted by atomic mass is 10.1. The molecule has 0 radical (unpaired) electrons. The summed E-state index contributed by atoms with van der Waals surface area (Å²) < 4.78 is 5.41. The predicted octanol–water partition coefficient (Wildman–Crippen LogP) is 3.23. The maximum atomic E-state index is 12.4. The maximum absolute atomic E-state index is 12.4. The number of carbonyl (C=O) groups excluding carboxylic acids is 3. The number of benzene rings is 2. The average molecular weight is 393 g/mol. The summed E-state index contributed by atoms with van der Waals surface area (Å²) in [4.78, 5) is 39.4. The molecule has 0 aliphatic heterocycles. The highest BCUT2D eigenvalue weighted by molar-refractivity contribution is 5.97. The fraction of sp³-hybridized carbons (Fsp3) is 0.227. The SMILES string of the molecule is CNC(=O)NC(=O)[C@@H](OC(=O)CCCc1c[nH]c2ccccc12)c1ccccc1. The normalized spacial score (nSPS) is 11.6. The van der Waals surface area contributed by atoms with Crippen LogP contribution >= 0.6 is 0 Å². The molecule has 3 amide bonds. The van der Waals surface area contributed by atoms with Gasteiger partial charge < -0.3 is 15.0 Å². The Morgan fingerprint density at radius 3 is 2.52 bits per heavy atom. The number of hydrogen-bond donors (Lipinski definition) is 3. The third-order valence-corrected chi connectivity index (χ3v) is 4.56. The number of rotatable bonds is 7. The van der Waals surface area contributed by atoms with Gasteiger partial charge in [-0.25, -0.2) is 4.79 Å². The molecule has 1 heterocycles. The molecule has 7 heteroatoms. The molecule has 0 bridgehead atoms. The highest BCUT2D eigenvalue weighted by Crippen LogP contribution is 2.21. The number of ether oxygens (including phenoxy) is 1. The first-order valence-electron chi connectivity index (χ1n) is 9.40. The first kappa shape index (κ1) is 20.1. The predicted molar refractivity (Wildman–Crippen MR) is 109 cm³/mol. The van der Waals surface area contributed by atoms with E-state index in [0.29, 0.717) is 18.4 Å². The molecule has 3 N–H and O–H groups in total. The monoisotopic (exact) mass is 393 g/mol. The van der Waals surface area contributed by atoms with Crippen molar-refractivity contribution in [2.75, 3.05) is 7.05 Å². The Morgan fingerprint density at radius 1 is 1.03 bits per heavy atom. The lowest BCUT2D eigenvalue weighted by Gasteiger charge is -2.17. The molecule has 1 aromatic heterocycles. The van der Waals surface area contributed by atoms with Crippen LogP contribution in [0.4, 0.5) is 4.79 Å². The van der Waals surface area contributed by atoms with Crippen molar-refractivity contribution in [1.82, 2.24) is 15.6 Å². The molecule has 2 aromatic carbocycles. The zero-order valence-electron chi connectivity index (χ0n) is 16.1. The summed E-state index contributed by atoms with van der Waals surface area (Å²) in [5, 5.41) is 5.60. The van der Waals surface area contributed by atoms with E-state index in [0.717, 1.165) is 16.5 Å². The van der Waals surface area contributed by atoms with E-state index in [9.17, 15) is 14.4 Å². The van der Waals surface area contributed by atoms with E-state index in [2.05, 4.69) is 15.6 Å². The van der Waals surface area contributed by atoms with Gasteiger partial charge in [-0.15, -0.1) is 0 Å². The van der Waals surface area contributed by atoms with Crippen LogP contribution in [0.2, 0.25) is 0 Å². The zero-order valence-corrected chi connectivity index (χ0v) is 16.1. The van der Waals surface area contributed by atoms with Gasteiger partial charge in [0.15, 0.2) is 0 Å². The number of nitrogens with one attached hydrogen (secondary N) is 3. The molecule has 150 valence electrons. The molecule has 0 spiro atoms. The molecule has 0 fully saturated rings. The van der Waals surface area contributed by atoms with Gasteiger partial charge in [0, 0.05) is 36.1 Å². The number of para-hydroxylation sites is 1. The molecule has 3 rings (SSSR count). The molecule has 3 aromatic rings. The molecule has 0 unspecified atom stereocenters. The van der Waals surface area contributed by atoms with E-state index in [4.69, 9.17) is 4.74 Å². The van der Waals surface area contributed by atoms with Crippen LogP contribution in [0, 0.1) is 0 Å². The average Bonchev–Trinajstić information content (AvgIpc) is 3.15. The van der Waals surface area contributed by atoms with E-state index in [-0.39, 0.29) is 6.42 Å². The van der Waals surface area contributed by atoms with Gasteiger partial charge in [-0.1, -0.05) is 48.5 Å². The van der Waals surface area contributed by atoms with Gasteiger partial charge in [-0.05, 0) is 24.5 Å². The van der Waals surface area contributed by atoms with Crippen molar-refractivity contribution in [1.29, 1.82) is 0 Å². The molecule has 0 aliphatic carbocycles. The zero-order chi connectivity index (χ0) is 20.6. The number of aryl methyl sites for hydroxylation is 1. The van der Waals surface area contributed by atoms with E-state index in [1.165, 1.54) is 7.05 Å². The number of imide groups is 1. The fourth-order valence-electron chi connectivity index (χ4n) is 3.09. The number of urea groups is 1. The summed E-state index contributed by atoms with van der Waals surface area (Å²) >= 11 is 0. The van der Waals surface area contributed by atoms with Crippen LogP contribution in [0.15, 0.2) is 60.8 Å². The minimum absolute atomic E-state index is 0.163. The standard InChI is InChI=1S/C22H23N3O4/c1-23-22(28)25-21(27)20(15-8-3-2-4-9-15)29-19(26)13-7-10-16-14-24-18-12-6-5-11-17(16)18/h2-6,8-9,11-12,14,20,24H,7,10,13H2,1H3,(H2,23,25,27,28)/t20-/m0/s1. The van der Waals surface area contributed by atoms with Gasteiger partial charge in [0.05, 0.1) is 0 Å². The quantitative estimate of drug-likeness (QED) is 0.537. The number of esters is 1. The van der Waals surface area contributed by atoms with E-state index in [1.54, 1.807) is 30.3 Å². The van der Waals surface area contributed by atoms with Crippen LogP contribution < -0.4 is 10.6 Å². The van der Waals surface area contributed by atoms with E-state index >= 15 is 0 Å². The summed E-state index contributed by atoms with van der Waals surface area (Å²) in [5.41, 5.74) is 2.68. The van der Waals surface area contributed by atoms with Gasteiger partial charge in [-0.2, -0.15) is 0 Å².